The van der Waals surface area contributed by atoms with Gasteiger partial charge in [-0.25, -0.2) is 4.98 Å². The maximum absolute atomic E-state index is 12.2. The molecule has 132 valence electrons. The van der Waals surface area contributed by atoms with E-state index in [4.69, 9.17) is 4.98 Å². The summed E-state index contributed by atoms with van der Waals surface area (Å²) in [4.78, 5) is 18.5. The van der Waals surface area contributed by atoms with Crippen molar-refractivity contribution in [3.8, 4) is 0 Å². The summed E-state index contributed by atoms with van der Waals surface area (Å²) in [6.07, 6.45) is 12.7. The highest BCUT2D eigenvalue weighted by molar-refractivity contribution is 7.11. The average Bonchev–Trinajstić information content (AvgIpc) is 3.14. The Labute approximate surface area is 148 Å². The summed E-state index contributed by atoms with van der Waals surface area (Å²) in [6.45, 7) is 0.793. The van der Waals surface area contributed by atoms with Crippen molar-refractivity contribution in [2.75, 3.05) is 6.54 Å². The summed E-state index contributed by atoms with van der Waals surface area (Å²) in [6, 6.07) is 1.36. The smallest absolute Gasteiger partial charge is 0.220 e. The first-order valence-electron chi connectivity index (χ1n) is 9.76. The molecule has 1 aromatic rings. The number of nitrogens with zero attached hydrogens (tertiary/aromatic N) is 1. The minimum Gasteiger partial charge on any atom is -0.356 e. The van der Waals surface area contributed by atoms with Crippen molar-refractivity contribution in [2.45, 2.75) is 82.7 Å². The molecular formula is C19H29N3OS. The van der Waals surface area contributed by atoms with E-state index in [1.54, 1.807) is 0 Å². The van der Waals surface area contributed by atoms with Gasteiger partial charge in [0.15, 0.2) is 0 Å². The molecule has 2 aliphatic heterocycles. The zero-order chi connectivity index (χ0) is 16.4. The molecule has 5 heteroatoms. The molecule has 3 heterocycles. The molecule has 1 aromatic heterocycles. The third-order valence-electron chi connectivity index (χ3n) is 5.82. The summed E-state index contributed by atoms with van der Waals surface area (Å²) in [7, 11) is 0. The van der Waals surface area contributed by atoms with Crippen LogP contribution in [-0.2, 0) is 24.1 Å². The van der Waals surface area contributed by atoms with Gasteiger partial charge in [-0.3, -0.25) is 4.79 Å². The molecule has 2 saturated heterocycles. The lowest BCUT2D eigenvalue weighted by Gasteiger charge is -2.28. The van der Waals surface area contributed by atoms with Crippen molar-refractivity contribution in [1.82, 2.24) is 15.6 Å². The molecular weight excluding hydrogens is 318 g/mol. The Kier molecular flexibility index (Phi) is 5.18. The van der Waals surface area contributed by atoms with Gasteiger partial charge in [-0.15, -0.1) is 11.3 Å². The fraction of sp³-hybridized carbons (Fsp3) is 0.789. The van der Waals surface area contributed by atoms with Crippen LogP contribution in [0.4, 0.5) is 0 Å². The van der Waals surface area contributed by atoms with Crippen LogP contribution in [0.5, 0.6) is 0 Å². The van der Waals surface area contributed by atoms with Gasteiger partial charge < -0.3 is 10.6 Å². The van der Waals surface area contributed by atoms with Crippen molar-refractivity contribution in [1.29, 1.82) is 0 Å². The van der Waals surface area contributed by atoms with E-state index in [1.807, 2.05) is 11.3 Å². The first kappa shape index (κ1) is 16.5. The maximum atomic E-state index is 12.2. The summed E-state index contributed by atoms with van der Waals surface area (Å²) in [5.41, 5.74) is 1.35. The van der Waals surface area contributed by atoms with Gasteiger partial charge in [0.1, 0.15) is 0 Å². The van der Waals surface area contributed by atoms with Crippen molar-refractivity contribution < 1.29 is 4.79 Å². The Morgan fingerprint density at radius 3 is 2.79 bits per heavy atom. The largest absolute Gasteiger partial charge is 0.356 e. The van der Waals surface area contributed by atoms with Crippen molar-refractivity contribution in [3.63, 3.8) is 0 Å². The molecule has 4 nitrogen and oxygen atoms in total. The number of carbonyl (C=O) groups is 1. The van der Waals surface area contributed by atoms with Crippen LogP contribution in [0.3, 0.4) is 0 Å². The van der Waals surface area contributed by atoms with Crippen LogP contribution in [0, 0.1) is 5.92 Å². The second-order valence-corrected chi connectivity index (χ2v) is 8.99. The maximum Gasteiger partial charge on any atom is 0.220 e. The van der Waals surface area contributed by atoms with Crippen LogP contribution in [0.15, 0.2) is 0 Å². The van der Waals surface area contributed by atoms with Gasteiger partial charge in [0.2, 0.25) is 5.91 Å². The van der Waals surface area contributed by atoms with Gasteiger partial charge in [0, 0.05) is 36.3 Å². The first-order chi connectivity index (χ1) is 11.8. The van der Waals surface area contributed by atoms with Crippen molar-refractivity contribution in [2.24, 2.45) is 5.92 Å². The number of fused-ring (bicyclic) bond motifs is 3. The van der Waals surface area contributed by atoms with E-state index in [0.29, 0.717) is 18.0 Å². The van der Waals surface area contributed by atoms with Crippen LogP contribution < -0.4 is 10.6 Å². The number of nitrogens with one attached hydrogen (secondary N) is 2. The van der Waals surface area contributed by atoms with Crippen LogP contribution in [-0.4, -0.2) is 29.5 Å². The minimum atomic E-state index is 0.250. The highest BCUT2D eigenvalue weighted by Crippen LogP contribution is 2.32. The predicted molar refractivity (Wildman–Crippen MR) is 97.4 cm³/mol. The normalized spacial score (nSPS) is 28.6. The number of piperidine rings is 1. The van der Waals surface area contributed by atoms with E-state index in [0.717, 1.165) is 25.8 Å². The van der Waals surface area contributed by atoms with Crippen LogP contribution >= 0.6 is 11.3 Å². The van der Waals surface area contributed by atoms with E-state index >= 15 is 0 Å². The molecule has 4 rings (SSSR count). The number of aromatic nitrogens is 1. The molecule has 2 atom stereocenters. The number of hydrogen-bond donors (Lipinski definition) is 2. The zero-order valence-electron chi connectivity index (χ0n) is 14.5. The molecule has 0 aromatic carbocycles. The number of thiazole rings is 1. The number of amides is 1. The van der Waals surface area contributed by atoms with Crippen molar-refractivity contribution in [3.05, 3.63) is 15.6 Å². The predicted octanol–water partition coefficient (Wildman–Crippen LogP) is 2.99. The minimum absolute atomic E-state index is 0.250. The Balaban J connectivity index is 1.15. The fourth-order valence-corrected chi connectivity index (χ4v) is 5.85. The summed E-state index contributed by atoms with van der Waals surface area (Å²) < 4.78 is 0. The van der Waals surface area contributed by atoms with Crippen molar-refractivity contribution >= 4 is 17.2 Å². The number of hydrogen-bond acceptors (Lipinski definition) is 4. The molecule has 1 aliphatic carbocycles. The van der Waals surface area contributed by atoms with E-state index in [-0.39, 0.29) is 5.91 Å². The van der Waals surface area contributed by atoms with Gasteiger partial charge in [0.05, 0.1) is 10.7 Å². The molecule has 24 heavy (non-hydrogen) atoms. The average molecular weight is 348 g/mol. The topological polar surface area (TPSA) is 54.0 Å². The molecule has 0 spiro atoms. The van der Waals surface area contributed by atoms with Crippen LogP contribution in [0.25, 0.3) is 0 Å². The Hall–Kier alpha value is -0.940. The number of aryl methyl sites for hydroxylation is 3. The van der Waals surface area contributed by atoms with Gasteiger partial charge >= 0.3 is 0 Å². The summed E-state index contributed by atoms with van der Waals surface area (Å²) in [5.74, 6) is 0.842. The summed E-state index contributed by atoms with van der Waals surface area (Å²) in [5, 5.41) is 8.05. The highest BCUT2D eigenvalue weighted by Gasteiger charge is 2.34. The lowest BCUT2D eigenvalue weighted by molar-refractivity contribution is -0.122. The highest BCUT2D eigenvalue weighted by atomic mass is 32.1. The van der Waals surface area contributed by atoms with Gasteiger partial charge in [-0.05, 0) is 63.7 Å². The second kappa shape index (κ2) is 7.52. The van der Waals surface area contributed by atoms with Crippen LogP contribution in [0.2, 0.25) is 0 Å². The molecule has 2 N–H and O–H groups in total. The SMILES string of the molecule is O=C(CC1CC2CCC(C1)N2)NCCCc1nc2c(s1)CCCC2. The third kappa shape index (κ3) is 3.99. The lowest BCUT2D eigenvalue weighted by atomic mass is 9.89. The van der Waals surface area contributed by atoms with Gasteiger partial charge in [-0.2, -0.15) is 0 Å². The molecule has 3 aliphatic rings. The number of carbonyl (C=O) groups excluding carboxylic acids is 1. The molecule has 2 unspecified atom stereocenters. The third-order valence-corrected chi connectivity index (χ3v) is 7.04. The second-order valence-electron chi connectivity index (χ2n) is 7.82. The van der Waals surface area contributed by atoms with Gasteiger partial charge in [-0.1, -0.05) is 0 Å². The standard InChI is InChI=1S/C19H29N3OS/c23-18(12-13-10-14-7-8-15(11-13)21-14)20-9-3-6-19-22-16-4-1-2-5-17(16)24-19/h13-15,21H,1-12H2,(H,20,23). The van der Waals surface area contributed by atoms with E-state index in [9.17, 15) is 4.79 Å². The zero-order valence-corrected chi connectivity index (χ0v) is 15.3. The van der Waals surface area contributed by atoms with Gasteiger partial charge in [0.25, 0.3) is 0 Å². The Morgan fingerprint density at radius 2 is 2.00 bits per heavy atom. The molecule has 2 bridgehead atoms. The number of rotatable bonds is 6. The molecule has 0 radical (unpaired) electrons. The Bertz CT molecular complexity index is 550. The fourth-order valence-electron chi connectivity index (χ4n) is 4.66. The molecule has 0 saturated carbocycles. The lowest BCUT2D eigenvalue weighted by Crippen LogP contribution is -2.39. The monoisotopic (exact) mass is 347 g/mol. The van der Waals surface area contributed by atoms with Crippen LogP contribution in [0.1, 0.15) is 66.9 Å². The Morgan fingerprint density at radius 1 is 1.21 bits per heavy atom. The van der Waals surface area contributed by atoms with E-state index in [2.05, 4.69) is 10.6 Å². The van der Waals surface area contributed by atoms with E-state index in [1.165, 1.54) is 66.9 Å². The summed E-state index contributed by atoms with van der Waals surface area (Å²) >= 11 is 1.90. The molecule has 2 fully saturated rings. The first-order valence-corrected chi connectivity index (χ1v) is 10.6. The molecule has 1 amide bonds. The quantitative estimate of drug-likeness (QED) is 0.778. The van der Waals surface area contributed by atoms with E-state index < -0.39 is 0 Å².